The maximum atomic E-state index is 11.2. The van der Waals surface area contributed by atoms with Crippen molar-refractivity contribution in [3.05, 3.63) is 22.4 Å². The minimum absolute atomic E-state index is 0.228. The largest absolute Gasteiger partial charge is 0.466 e. The van der Waals surface area contributed by atoms with Gasteiger partial charge in [0.2, 0.25) is 5.88 Å². The van der Waals surface area contributed by atoms with Crippen molar-refractivity contribution in [3.63, 3.8) is 0 Å². The van der Waals surface area contributed by atoms with Crippen molar-refractivity contribution in [1.29, 1.82) is 5.26 Å². The first kappa shape index (κ1) is 14.3. The number of nitriles is 1. The van der Waals surface area contributed by atoms with Gasteiger partial charge < -0.3 is 9.47 Å². The predicted molar refractivity (Wildman–Crippen MR) is 72.6 cm³/mol. The van der Waals surface area contributed by atoms with Gasteiger partial charge in [-0.1, -0.05) is 13.8 Å². The third-order valence-corrected chi connectivity index (χ3v) is 3.48. The van der Waals surface area contributed by atoms with Gasteiger partial charge in [-0.25, -0.2) is 9.78 Å². The van der Waals surface area contributed by atoms with Crippen LogP contribution in [0.5, 0.6) is 5.88 Å². The molecule has 0 aromatic carbocycles. The molecule has 0 bridgehead atoms. The molecule has 1 aromatic rings. The van der Waals surface area contributed by atoms with Crippen molar-refractivity contribution in [1.82, 2.24) is 4.98 Å². The molecule has 1 aliphatic carbocycles. The normalized spacial score (nSPS) is 12.9. The van der Waals surface area contributed by atoms with E-state index in [0.717, 1.165) is 30.5 Å². The fraction of sp³-hybridized carbons (Fsp3) is 0.533. The number of esters is 1. The second-order valence-electron chi connectivity index (χ2n) is 5.12. The highest BCUT2D eigenvalue weighted by atomic mass is 16.6. The molecule has 0 unspecified atom stereocenters. The number of ether oxygens (including phenoxy) is 2. The van der Waals surface area contributed by atoms with Gasteiger partial charge >= 0.3 is 5.97 Å². The maximum Gasteiger partial charge on any atom is 0.343 e. The van der Waals surface area contributed by atoms with E-state index >= 15 is 0 Å². The molecule has 0 radical (unpaired) electrons. The Morgan fingerprint density at radius 2 is 2.10 bits per heavy atom. The van der Waals surface area contributed by atoms with Crippen molar-refractivity contribution in [2.75, 3.05) is 13.7 Å². The van der Waals surface area contributed by atoms with Crippen molar-refractivity contribution >= 4 is 5.97 Å². The van der Waals surface area contributed by atoms with Gasteiger partial charge in [-0.3, -0.25) is 0 Å². The van der Waals surface area contributed by atoms with Crippen molar-refractivity contribution < 1.29 is 14.3 Å². The number of fused-ring (bicyclic) bond motifs is 1. The van der Waals surface area contributed by atoms with E-state index in [4.69, 9.17) is 4.74 Å². The summed E-state index contributed by atoms with van der Waals surface area (Å²) in [6.45, 7) is 3.91. The Labute approximate surface area is 118 Å². The average Bonchev–Trinajstić information content (AvgIpc) is 2.91. The quantitative estimate of drug-likeness (QED) is 0.786. The van der Waals surface area contributed by atoms with Crippen LogP contribution in [-0.2, 0) is 22.4 Å². The van der Waals surface area contributed by atoms with Gasteiger partial charge in [-0.15, -0.1) is 0 Å². The average molecular weight is 274 g/mol. The van der Waals surface area contributed by atoms with E-state index in [1.54, 1.807) is 0 Å². The summed E-state index contributed by atoms with van der Waals surface area (Å²) in [4.78, 5) is 15.6. The Kier molecular flexibility index (Phi) is 4.23. The van der Waals surface area contributed by atoms with Gasteiger partial charge in [0, 0.05) is 0 Å². The number of nitrogens with zero attached hydrogens (tertiary/aromatic N) is 2. The van der Waals surface area contributed by atoms with Crippen LogP contribution in [0.2, 0.25) is 0 Å². The fourth-order valence-corrected chi connectivity index (χ4v) is 2.55. The Morgan fingerprint density at radius 3 is 2.70 bits per heavy atom. The third-order valence-electron chi connectivity index (χ3n) is 3.48. The van der Waals surface area contributed by atoms with E-state index in [2.05, 4.69) is 29.6 Å². The predicted octanol–water partition coefficient (Wildman–Crippen LogP) is 2.12. The molecule has 5 heteroatoms. The van der Waals surface area contributed by atoms with E-state index in [1.807, 2.05) is 0 Å². The molecule has 0 aliphatic heterocycles. The zero-order valence-corrected chi connectivity index (χ0v) is 12.0. The molecule has 106 valence electrons. The minimum atomic E-state index is -0.484. The molecule has 0 atom stereocenters. The van der Waals surface area contributed by atoms with Crippen LogP contribution in [0.15, 0.2) is 0 Å². The summed E-state index contributed by atoms with van der Waals surface area (Å²) in [6.07, 6.45) is 2.86. The van der Waals surface area contributed by atoms with E-state index < -0.39 is 5.97 Å². The van der Waals surface area contributed by atoms with Gasteiger partial charge in [0.25, 0.3) is 0 Å². The lowest BCUT2D eigenvalue weighted by atomic mass is 9.98. The van der Waals surface area contributed by atoms with Gasteiger partial charge in [0.1, 0.15) is 11.6 Å². The highest BCUT2D eigenvalue weighted by Gasteiger charge is 2.25. The molecule has 5 nitrogen and oxygen atoms in total. The number of aromatic nitrogens is 1. The molecule has 0 N–H and O–H groups in total. The van der Waals surface area contributed by atoms with E-state index in [1.165, 1.54) is 12.7 Å². The van der Waals surface area contributed by atoms with Crippen molar-refractivity contribution in [2.24, 2.45) is 0 Å². The highest BCUT2D eigenvalue weighted by molar-refractivity contribution is 5.71. The maximum absolute atomic E-state index is 11.2. The summed E-state index contributed by atoms with van der Waals surface area (Å²) in [5.41, 5.74) is 3.65. The summed E-state index contributed by atoms with van der Waals surface area (Å²) < 4.78 is 9.93. The summed E-state index contributed by atoms with van der Waals surface area (Å²) in [7, 11) is 1.30. The summed E-state index contributed by atoms with van der Waals surface area (Å²) in [5.74, 6) is 0.0274. The molecular formula is C15H18N2O3. The topological polar surface area (TPSA) is 72.2 Å². The SMILES string of the molecule is COC(=O)COc1nc(C(C)C)c2c(c1C#N)CCC2. The number of methoxy groups -OCH3 is 1. The van der Waals surface area contributed by atoms with E-state index in [0.29, 0.717) is 5.56 Å². The number of hydrogen-bond donors (Lipinski definition) is 0. The number of carbonyl (C=O) groups excluding carboxylic acids is 1. The van der Waals surface area contributed by atoms with Crippen LogP contribution in [0.4, 0.5) is 0 Å². The first-order valence-electron chi connectivity index (χ1n) is 6.73. The van der Waals surface area contributed by atoms with Crippen LogP contribution < -0.4 is 4.74 Å². The zero-order chi connectivity index (χ0) is 14.7. The lowest BCUT2D eigenvalue weighted by Gasteiger charge is -2.15. The molecule has 2 rings (SSSR count). The standard InChI is InChI=1S/C15H18N2O3/c1-9(2)14-11-6-4-5-10(11)12(7-16)15(17-14)20-8-13(18)19-3/h9H,4-6,8H2,1-3H3. The molecule has 1 aromatic heterocycles. The fourth-order valence-electron chi connectivity index (χ4n) is 2.55. The summed E-state index contributed by atoms with van der Waals surface area (Å²) in [5, 5.41) is 9.35. The zero-order valence-electron chi connectivity index (χ0n) is 12.0. The highest BCUT2D eigenvalue weighted by Crippen LogP contribution is 2.35. The molecule has 1 aliphatic rings. The van der Waals surface area contributed by atoms with Gasteiger partial charge in [0.15, 0.2) is 6.61 Å². The lowest BCUT2D eigenvalue weighted by molar-refractivity contribution is -0.143. The minimum Gasteiger partial charge on any atom is -0.466 e. The van der Waals surface area contributed by atoms with Gasteiger partial charge in [0.05, 0.1) is 12.8 Å². The Hall–Kier alpha value is -2.09. The molecule has 0 fully saturated rings. The number of pyridine rings is 1. The first-order valence-corrected chi connectivity index (χ1v) is 6.73. The summed E-state index contributed by atoms with van der Waals surface area (Å²) in [6, 6.07) is 2.16. The van der Waals surface area contributed by atoms with Crippen LogP contribution in [0.3, 0.4) is 0 Å². The van der Waals surface area contributed by atoms with Crippen LogP contribution in [0.25, 0.3) is 0 Å². The Balaban J connectivity index is 2.43. The van der Waals surface area contributed by atoms with Crippen LogP contribution in [0.1, 0.15) is 48.6 Å². The molecule has 1 heterocycles. The second kappa shape index (κ2) is 5.91. The number of carbonyl (C=O) groups is 1. The monoisotopic (exact) mass is 274 g/mol. The third kappa shape index (κ3) is 2.60. The van der Waals surface area contributed by atoms with Crippen LogP contribution in [-0.4, -0.2) is 24.7 Å². The molecule has 0 spiro atoms. The molecule has 20 heavy (non-hydrogen) atoms. The number of rotatable bonds is 4. The Bertz CT molecular complexity index is 573. The molecule has 0 saturated carbocycles. The molecular weight excluding hydrogens is 256 g/mol. The van der Waals surface area contributed by atoms with Crippen molar-refractivity contribution in [3.8, 4) is 11.9 Å². The number of hydrogen-bond acceptors (Lipinski definition) is 5. The molecule has 0 saturated heterocycles. The Morgan fingerprint density at radius 1 is 1.40 bits per heavy atom. The van der Waals surface area contributed by atoms with Crippen molar-refractivity contribution in [2.45, 2.75) is 39.0 Å². The lowest BCUT2D eigenvalue weighted by Crippen LogP contribution is -2.15. The van der Waals surface area contributed by atoms with Gasteiger partial charge in [-0.05, 0) is 36.3 Å². The second-order valence-corrected chi connectivity index (χ2v) is 5.12. The first-order chi connectivity index (χ1) is 9.58. The van der Waals surface area contributed by atoms with Gasteiger partial charge in [-0.2, -0.15) is 5.26 Å². The van der Waals surface area contributed by atoms with Crippen LogP contribution in [0, 0.1) is 11.3 Å². The van der Waals surface area contributed by atoms with Crippen LogP contribution >= 0.6 is 0 Å². The van der Waals surface area contributed by atoms with E-state index in [9.17, 15) is 10.1 Å². The molecule has 0 amide bonds. The summed E-state index contributed by atoms with van der Waals surface area (Å²) >= 11 is 0. The smallest absolute Gasteiger partial charge is 0.343 e. The van der Waals surface area contributed by atoms with E-state index in [-0.39, 0.29) is 18.4 Å².